The molecular weight excluding hydrogens is 410 g/mol. The van der Waals surface area contributed by atoms with Crippen molar-refractivity contribution in [2.75, 3.05) is 5.32 Å². The van der Waals surface area contributed by atoms with Gasteiger partial charge in [-0.1, -0.05) is 0 Å². The normalized spacial score (nSPS) is 13.1. The van der Waals surface area contributed by atoms with E-state index in [1.165, 1.54) is 36.4 Å². The Labute approximate surface area is 180 Å². The maximum Gasteiger partial charge on any atom is 0.296 e. The van der Waals surface area contributed by atoms with Crippen LogP contribution in [-0.4, -0.2) is 15.6 Å². The van der Waals surface area contributed by atoms with Gasteiger partial charge in [-0.2, -0.15) is 0 Å². The molecule has 1 N–H and O–H groups in total. The zero-order chi connectivity index (χ0) is 20.2. The number of aromatic nitrogens is 3. The van der Waals surface area contributed by atoms with Gasteiger partial charge in [0.2, 0.25) is 5.82 Å². The fourth-order valence-electron chi connectivity index (χ4n) is 3.66. The van der Waals surface area contributed by atoms with Crippen molar-refractivity contribution >= 4 is 11.5 Å². The second kappa shape index (κ2) is 9.80. The average molecular weight is 433 g/mol. The number of fused-ring (bicyclic) bond motifs is 1. The largest absolute Gasteiger partial charge is 1.00 e. The van der Waals surface area contributed by atoms with E-state index in [0.717, 1.165) is 49.6 Å². The molecule has 0 saturated heterocycles. The molecule has 30 heavy (non-hydrogen) atoms. The van der Waals surface area contributed by atoms with Crippen LogP contribution >= 0.6 is 0 Å². The van der Waals surface area contributed by atoms with Gasteiger partial charge in [-0.3, -0.25) is 4.79 Å². The molecule has 0 amide bonds. The lowest BCUT2D eigenvalue weighted by molar-refractivity contribution is -0.710. The second-order valence-electron chi connectivity index (χ2n) is 7.24. The summed E-state index contributed by atoms with van der Waals surface area (Å²) in [6, 6.07) is 11.8. The number of rotatable bonds is 6. The molecule has 0 unspecified atom stereocenters. The van der Waals surface area contributed by atoms with Crippen molar-refractivity contribution in [1.82, 2.24) is 9.78 Å². The molecule has 1 aliphatic rings. The molecule has 158 valence electrons. The van der Waals surface area contributed by atoms with Gasteiger partial charge in [-0.25, -0.2) is 13.3 Å². The Kier molecular flexibility index (Phi) is 7.15. The first kappa shape index (κ1) is 21.9. The van der Waals surface area contributed by atoms with Crippen molar-refractivity contribution < 1.29 is 30.5 Å². The summed E-state index contributed by atoms with van der Waals surface area (Å²) in [5.41, 5.74) is 1.28. The minimum atomic E-state index is -0.362. The van der Waals surface area contributed by atoms with E-state index < -0.39 is 0 Å². The number of nitrogens with zero attached hydrogens (tertiary/aromatic N) is 3. The summed E-state index contributed by atoms with van der Waals surface area (Å²) in [6.07, 6.45) is 4.12. The zero-order valence-electron chi connectivity index (χ0n) is 16.5. The summed E-state index contributed by atoms with van der Waals surface area (Å²) in [7, 11) is 0. The number of Topliss-reactive ketones (excluding diaryl/α,β-unsaturated/α-hetero) is 1. The van der Waals surface area contributed by atoms with E-state index in [0.29, 0.717) is 12.1 Å². The van der Waals surface area contributed by atoms with Gasteiger partial charge in [0.05, 0.1) is 6.54 Å². The molecule has 8 heteroatoms. The van der Waals surface area contributed by atoms with Crippen LogP contribution in [0.4, 0.5) is 14.5 Å². The monoisotopic (exact) mass is 432 g/mol. The predicted molar refractivity (Wildman–Crippen MR) is 104 cm³/mol. The fraction of sp³-hybridized carbons (Fsp3) is 0.318. The number of hydrogen-bond donors (Lipinski definition) is 1. The van der Waals surface area contributed by atoms with Gasteiger partial charge < -0.3 is 17.7 Å². The van der Waals surface area contributed by atoms with Gasteiger partial charge in [-0.15, -0.1) is 4.68 Å². The van der Waals surface area contributed by atoms with Crippen LogP contribution in [0.5, 0.6) is 0 Å². The molecular formula is C22H23ClF2N4O. The lowest BCUT2D eigenvalue weighted by Gasteiger charge is -2.04. The highest BCUT2D eigenvalue weighted by atomic mass is 35.5. The van der Waals surface area contributed by atoms with Crippen LogP contribution in [0.2, 0.25) is 0 Å². The zero-order valence-corrected chi connectivity index (χ0v) is 17.2. The van der Waals surface area contributed by atoms with E-state index in [2.05, 4.69) is 9.88 Å². The third-order valence-corrected chi connectivity index (χ3v) is 5.19. The number of anilines is 1. The van der Waals surface area contributed by atoms with E-state index in [1.807, 2.05) is 0 Å². The SMILES string of the molecule is O=C(Cn1nc(CNc2ccc(F)cc2)[n+]2c1CCCCC2)c1ccc(F)cc1.[Cl-]. The van der Waals surface area contributed by atoms with Gasteiger partial charge >= 0.3 is 0 Å². The van der Waals surface area contributed by atoms with Crippen LogP contribution in [0.3, 0.4) is 0 Å². The third-order valence-electron chi connectivity index (χ3n) is 5.19. The summed E-state index contributed by atoms with van der Waals surface area (Å²) < 4.78 is 30.2. The van der Waals surface area contributed by atoms with Gasteiger partial charge in [0.15, 0.2) is 12.3 Å². The minimum absolute atomic E-state index is 0. The fourth-order valence-corrected chi connectivity index (χ4v) is 3.66. The average Bonchev–Trinajstić information content (AvgIpc) is 2.89. The Morgan fingerprint density at radius 1 is 1.00 bits per heavy atom. The molecule has 0 saturated carbocycles. The summed E-state index contributed by atoms with van der Waals surface area (Å²) >= 11 is 0. The maximum absolute atomic E-state index is 13.1. The number of ketones is 1. The number of nitrogens with one attached hydrogen (secondary N) is 1. The summed E-state index contributed by atoms with van der Waals surface area (Å²) in [5, 5.41) is 7.97. The molecule has 0 spiro atoms. The molecule has 0 atom stereocenters. The number of carbonyl (C=O) groups is 1. The van der Waals surface area contributed by atoms with Gasteiger partial charge in [0.1, 0.15) is 18.2 Å². The molecule has 1 aliphatic heterocycles. The van der Waals surface area contributed by atoms with E-state index in [9.17, 15) is 13.6 Å². The molecule has 1 aromatic heterocycles. The lowest BCUT2D eigenvalue weighted by atomic mass is 10.1. The summed E-state index contributed by atoms with van der Waals surface area (Å²) in [4.78, 5) is 12.7. The van der Waals surface area contributed by atoms with Crippen molar-refractivity contribution in [3.05, 3.63) is 77.4 Å². The van der Waals surface area contributed by atoms with E-state index in [-0.39, 0.29) is 36.4 Å². The molecule has 0 bridgehead atoms. The highest BCUT2D eigenvalue weighted by molar-refractivity contribution is 5.95. The molecule has 0 aliphatic carbocycles. The molecule has 2 aromatic carbocycles. The molecule has 2 heterocycles. The molecule has 0 radical (unpaired) electrons. The van der Waals surface area contributed by atoms with Crippen molar-refractivity contribution in [3.8, 4) is 0 Å². The number of carbonyl (C=O) groups excluding carboxylic acids is 1. The van der Waals surface area contributed by atoms with Gasteiger partial charge in [-0.05, 0) is 67.8 Å². The van der Waals surface area contributed by atoms with E-state index in [4.69, 9.17) is 5.10 Å². The first-order valence-electron chi connectivity index (χ1n) is 9.87. The van der Waals surface area contributed by atoms with Crippen molar-refractivity contribution in [2.45, 2.75) is 45.3 Å². The van der Waals surface area contributed by atoms with Crippen LogP contribution in [0.25, 0.3) is 0 Å². The van der Waals surface area contributed by atoms with E-state index >= 15 is 0 Å². The molecule has 5 nitrogen and oxygen atoms in total. The first-order valence-corrected chi connectivity index (χ1v) is 9.87. The topological polar surface area (TPSA) is 50.8 Å². The number of benzene rings is 2. The van der Waals surface area contributed by atoms with Gasteiger partial charge in [0.25, 0.3) is 5.82 Å². The van der Waals surface area contributed by atoms with Crippen LogP contribution in [-0.2, 0) is 26.1 Å². The molecule has 0 fully saturated rings. The van der Waals surface area contributed by atoms with Crippen LogP contribution in [0, 0.1) is 11.6 Å². The van der Waals surface area contributed by atoms with Crippen LogP contribution in [0.15, 0.2) is 48.5 Å². The molecule has 3 aromatic rings. The van der Waals surface area contributed by atoms with Crippen LogP contribution < -0.4 is 22.3 Å². The minimum Gasteiger partial charge on any atom is -1.00 e. The number of halogens is 3. The summed E-state index contributed by atoms with van der Waals surface area (Å²) in [6.45, 7) is 1.47. The van der Waals surface area contributed by atoms with Gasteiger partial charge in [0, 0.05) is 22.8 Å². The Balaban J connectivity index is 0.00000256. The smallest absolute Gasteiger partial charge is 0.296 e. The standard InChI is InChI=1S/C22H23F2N4O.ClH/c23-17-7-5-16(6-8-17)20(29)15-28-22-4-2-1-3-13-27(22)21(26-28)14-25-19-11-9-18(24)10-12-19;/h5-12,25H,1-4,13-15H2;1H/q+1;/p-1. The second-order valence-corrected chi connectivity index (χ2v) is 7.24. The highest BCUT2D eigenvalue weighted by Gasteiger charge is 2.28. The Morgan fingerprint density at radius 3 is 2.37 bits per heavy atom. The van der Waals surface area contributed by atoms with Crippen molar-refractivity contribution in [2.24, 2.45) is 0 Å². The Hall–Kier alpha value is -2.80. The van der Waals surface area contributed by atoms with E-state index in [1.54, 1.807) is 16.8 Å². The maximum atomic E-state index is 13.1. The first-order chi connectivity index (χ1) is 14.1. The summed E-state index contributed by atoms with van der Waals surface area (Å²) in [5.74, 6) is 1.15. The molecule has 4 rings (SSSR count). The Bertz CT molecular complexity index is 1000. The third kappa shape index (κ3) is 5.02. The number of hydrogen-bond acceptors (Lipinski definition) is 3. The quantitative estimate of drug-likeness (QED) is 0.460. The highest BCUT2D eigenvalue weighted by Crippen LogP contribution is 2.14. The lowest BCUT2D eigenvalue weighted by Crippen LogP contribution is -3.00. The van der Waals surface area contributed by atoms with Crippen molar-refractivity contribution in [3.63, 3.8) is 0 Å². The van der Waals surface area contributed by atoms with Crippen molar-refractivity contribution in [1.29, 1.82) is 0 Å². The Morgan fingerprint density at radius 2 is 1.67 bits per heavy atom. The predicted octanol–water partition coefficient (Wildman–Crippen LogP) is 0.674. The van der Waals surface area contributed by atoms with Crippen LogP contribution in [0.1, 0.15) is 41.3 Å².